The number of thioether (sulfide) groups is 1. The van der Waals surface area contributed by atoms with Crippen LogP contribution < -0.4 is 5.32 Å². The number of hydrogen-bond acceptors (Lipinski definition) is 3. The zero-order valence-electron chi connectivity index (χ0n) is 8.74. The van der Waals surface area contributed by atoms with Crippen molar-refractivity contribution in [2.45, 2.75) is 12.3 Å². The lowest BCUT2D eigenvalue weighted by Crippen LogP contribution is -2.31. The molecule has 3 nitrogen and oxygen atoms in total. The Kier molecular flexibility index (Phi) is 5.17. The number of nitrogens with zero attached hydrogens (tertiary/aromatic N) is 1. The third kappa shape index (κ3) is 3.76. The summed E-state index contributed by atoms with van der Waals surface area (Å²) in [6.07, 6.45) is 0. The Morgan fingerprint density at radius 3 is 3.00 bits per heavy atom. The van der Waals surface area contributed by atoms with E-state index in [0.29, 0.717) is 10.6 Å². The minimum atomic E-state index is -0.517. The SMILES string of the molecule is CCSC(C#N)NC(=O)c1cccc(Cl)c1. The number of hydrogen-bond donors (Lipinski definition) is 1. The van der Waals surface area contributed by atoms with Crippen LogP contribution in [0.5, 0.6) is 0 Å². The monoisotopic (exact) mass is 254 g/mol. The molecule has 0 heterocycles. The summed E-state index contributed by atoms with van der Waals surface area (Å²) in [4.78, 5) is 11.7. The summed E-state index contributed by atoms with van der Waals surface area (Å²) in [6.45, 7) is 1.93. The number of amides is 1. The topological polar surface area (TPSA) is 52.9 Å². The molecule has 0 aliphatic heterocycles. The van der Waals surface area contributed by atoms with E-state index < -0.39 is 5.37 Å². The molecular formula is C11H11ClN2OS. The van der Waals surface area contributed by atoms with Crippen molar-refractivity contribution in [2.24, 2.45) is 0 Å². The molecule has 1 N–H and O–H groups in total. The normalized spacial score (nSPS) is 11.6. The van der Waals surface area contributed by atoms with Crippen LogP contribution in [0.4, 0.5) is 0 Å². The minimum Gasteiger partial charge on any atom is -0.328 e. The van der Waals surface area contributed by atoms with Crippen molar-refractivity contribution < 1.29 is 4.79 Å². The fraction of sp³-hybridized carbons (Fsp3) is 0.273. The van der Waals surface area contributed by atoms with E-state index in [1.807, 2.05) is 13.0 Å². The summed E-state index contributed by atoms with van der Waals surface area (Å²) >= 11 is 7.15. The highest BCUT2D eigenvalue weighted by Gasteiger charge is 2.12. The molecule has 0 radical (unpaired) electrons. The fourth-order valence-electron chi connectivity index (χ4n) is 1.11. The maximum absolute atomic E-state index is 11.7. The predicted molar refractivity (Wildman–Crippen MR) is 66.5 cm³/mol. The Hall–Kier alpha value is -1.18. The molecule has 1 rings (SSSR count). The van der Waals surface area contributed by atoms with Gasteiger partial charge in [0.15, 0.2) is 5.37 Å². The number of nitrogens with one attached hydrogen (secondary N) is 1. The molecule has 84 valence electrons. The van der Waals surface area contributed by atoms with Gasteiger partial charge < -0.3 is 5.32 Å². The Balaban J connectivity index is 2.69. The van der Waals surface area contributed by atoms with Gasteiger partial charge in [-0.1, -0.05) is 24.6 Å². The van der Waals surface area contributed by atoms with Gasteiger partial charge >= 0.3 is 0 Å². The van der Waals surface area contributed by atoms with Gasteiger partial charge in [0.2, 0.25) is 0 Å². The van der Waals surface area contributed by atoms with Gasteiger partial charge in [-0.15, -0.1) is 11.8 Å². The second-order valence-corrected chi connectivity index (χ2v) is 4.77. The van der Waals surface area contributed by atoms with Crippen molar-refractivity contribution in [1.82, 2.24) is 5.32 Å². The number of carbonyl (C=O) groups is 1. The summed E-state index contributed by atoms with van der Waals surface area (Å²) in [5.41, 5.74) is 0.462. The Morgan fingerprint density at radius 1 is 1.69 bits per heavy atom. The summed E-state index contributed by atoms with van der Waals surface area (Å²) < 4.78 is 0. The number of benzene rings is 1. The Morgan fingerprint density at radius 2 is 2.44 bits per heavy atom. The molecule has 1 unspecified atom stereocenters. The first kappa shape index (κ1) is 12.9. The second kappa shape index (κ2) is 6.41. The molecule has 16 heavy (non-hydrogen) atoms. The van der Waals surface area contributed by atoms with Crippen LogP contribution >= 0.6 is 23.4 Å². The first-order valence-corrected chi connectivity index (χ1v) is 6.17. The number of carbonyl (C=O) groups excluding carboxylic acids is 1. The molecule has 0 aromatic heterocycles. The van der Waals surface area contributed by atoms with Crippen LogP contribution in [0.25, 0.3) is 0 Å². The van der Waals surface area contributed by atoms with E-state index >= 15 is 0 Å². The van der Waals surface area contributed by atoms with E-state index in [4.69, 9.17) is 16.9 Å². The van der Waals surface area contributed by atoms with Crippen molar-refractivity contribution >= 4 is 29.3 Å². The van der Waals surface area contributed by atoms with Crippen molar-refractivity contribution in [1.29, 1.82) is 5.26 Å². The molecule has 1 amide bonds. The number of nitriles is 1. The summed E-state index contributed by atoms with van der Waals surface area (Å²) in [7, 11) is 0. The van der Waals surface area contributed by atoms with Crippen LogP contribution in [0.3, 0.4) is 0 Å². The van der Waals surface area contributed by atoms with E-state index in [0.717, 1.165) is 5.75 Å². The smallest absolute Gasteiger partial charge is 0.252 e. The van der Waals surface area contributed by atoms with Crippen molar-refractivity contribution in [3.05, 3.63) is 34.9 Å². The van der Waals surface area contributed by atoms with E-state index in [-0.39, 0.29) is 5.91 Å². The third-order valence-corrected chi connectivity index (χ3v) is 2.92. The second-order valence-electron chi connectivity index (χ2n) is 2.95. The van der Waals surface area contributed by atoms with E-state index in [1.165, 1.54) is 11.8 Å². The molecule has 5 heteroatoms. The van der Waals surface area contributed by atoms with Crippen molar-refractivity contribution in [3.8, 4) is 6.07 Å². The molecule has 1 aromatic carbocycles. The molecule has 1 atom stereocenters. The quantitative estimate of drug-likeness (QED) is 0.841. The zero-order valence-corrected chi connectivity index (χ0v) is 10.3. The van der Waals surface area contributed by atoms with Gasteiger partial charge in [0.25, 0.3) is 5.91 Å². The van der Waals surface area contributed by atoms with Gasteiger partial charge in [-0.25, -0.2) is 0 Å². The average molecular weight is 255 g/mol. The van der Waals surface area contributed by atoms with Crippen LogP contribution in [-0.2, 0) is 0 Å². The Bertz CT molecular complexity index is 417. The summed E-state index contributed by atoms with van der Waals surface area (Å²) in [5.74, 6) is 0.489. The zero-order chi connectivity index (χ0) is 12.0. The molecule has 0 aliphatic carbocycles. The predicted octanol–water partition coefficient (Wildman–Crippen LogP) is 2.67. The van der Waals surface area contributed by atoms with Crippen LogP contribution in [0.15, 0.2) is 24.3 Å². The molecule has 1 aromatic rings. The minimum absolute atomic E-state index is 0.282. The third-order valence-electron chi connectivity index (χ3n) is 1.80. The summed E-state index contributed by atoms with van der Waals surface area (Å²) in [5, 5.41) is 11.4. The van der Waals surface area contributed by atoms with Gasteiger partial charge in [0, 0.05) is 10.6 Å². The maximum Gasteiger partial charge on any atom is 0.252 e. The highest BCUT2D eigenvalue weighted by molar-refractivity contribution is 8.00. The van der Waals surface area contributed by atoms with Gasteiger partial charge in [-0.05, 0) is 24.0 Å². The van der Waals surface area contributed by atoms with Crippen LogP contribution in [-0.4, -0.2) is 17.0 Å². The molecule has 0 aliphatic rings. The first-order chi connectivity index (χ1) is 7.67. The van der Waals surface area contributed by atoms with Gasteiger partial charge in [0.05, 0.1) is 6.07 Å². The highest BCUT2D eigenvalue weighted by atomic mass is 35.5. The van der Waals surface area contributed by atoms with Crippen LogP contribution in [0.1, 0.15) is 17.3 Å². The summed E-state index contributed by atoms with van der Waals surface area (Å²) in [6, 6.07) is 8.64. The largest absolute Gasteiger partial charge is 0.328 e. The van der Waals surface area contributed by atoms with Crippen LogP contribution in [0, 0.1) is 11.3 Å². The lowest BCUT2D eigenvalue weighted by molar-refractivity contribution is 0.0955. The molecular weight excluding hydrogens is 244 g/mol. The van der Waals surface area contributed by atoms with Crippen molar-refractivity contribution in [2.75, 3.05) is 5.75 Å². The van der Waals surface area contributed by atoms with Gasteiger partial charge in [-0.2, -0.15) is 5.26 Å². The first-order valence-electron chi connectivity index (χ1n) is 4.75. The molecule has 0 saturated heterocycles. The van der Waals surface area contributed by atoms with E-state index in [1.54, 1.807) is 24.3 Å². The fourth-order valence-corrected chi connectivity index (χ4v) is 1.90. The maximum atomic E-state index is 11.7. The number of rotatable bonds is 4. The van der Waals surface area contributed by atoms with E-state index in [9.17, 15) is 4.79 Å². The standard InChI is InChI=1S/C11H11ClN2OS/c1-2-16-10(7-13)14-11(15)8-4-3-5-9(12)6-8/h3-6,10H,2H2,1H3,(H,14,15). The molecule has 0 bridgehead atoms. The highest BCUT2D eigenvalue weighted by Crippen LogP contribution is 2.12. The lowest BCUT2D eigenvalue weighted by Gasteiger charge is -2.09. The molecule has 0 saturated carbocycles. The lowest BCUT2D eigenvalue weighted by atomic mass is 10.2. The molecule has 0 spiro atoms. The van der Waals surface area contributed by atoms with Gasteiger partial charge in [-0.3, -0.25) is 4.79 Å². The molecule has 0 fully saturated rings. The van der Waals surface area contributed by atoms with Crippen molar-refractivity contribution in [3.63, 3.8) is 0 Å². The van der Waals surface area contributed by atoms with E-state index in [2.05, 4.69) is 5.32 Å². The van der Waals surface area contributed by atoms with Gasteiger partial charge in [0.1, 0.15) is 0 Å². The Labute approximate surface area is 104 Å². The average Bonchev–Trinajstić information content (AvgIpc) is 2.28. The number of halogens is 1. The van der Waals surface area contributed by atoms with Crippen LogP contribution in [0.2, 0.25) is 5.02 Å².